The van der Waals surface area contributed by atoms with E-state index >= 15 is 0 Å². The number of halogens is 1. The van der Waals surface area contributed by atoms with Crippen molar-refractivity contribution in [3.63, 3.8) is 0 Å². The molecule has 5 heteroatoms. The molecule has 1 aromatic rings. The van der Waals surface area contributed by atoms with Crippen LogP contribution in [0.25, 0.3) is 0 Å². The normalized spacial score (nSPS) is 11.4. The number of hydrogen-bond acceptors (Lipinski definition) is 4. The van der Waals surface area contributed by atoms with Gasteiger partial charge in [-0.2, -0.15) is 0 Å². The Morgan fingerprint density at radius 3 is 2.40 bits per heavy atom. The summed E-state index contributed by atoms with van der Waals surface area (Å²) in [4.78, 5) is 11.1. The van der Waals surface area contributed by atoms with Crippen molar-refractivity contribution >= 4 is 18.4 Å². The molecule has 0 aliphatic carbocycles. The van der Waals surface area contributed by atoms with Crippen LogP contribution in [0.3, 0.4) is 0 Å². The van der Waals surface area contributed by atoms with E-state index in [0.29, 0.717) is 11.1 Å². The van der Waals surface area contributed by atoms with E-state index < -0.39 is 12.1 Å². The van der Waals surface area contributed by atoms with Gasteiger partial charge in [-0.15, -0.1) is 12.4 Å². The summed E-state index contributed by atoms with van der Waals surface area (Å²) in [5.74, 6) is -0.390. The van der Waals surface area contributed by atoms with Crippen molar-refractivity contribution in [3.8, 4) is 0 Å². The Morgan fingerprint density at radius 1 is 1.47 bits per heavy atom. The first-order chi connectivity index (χ1) is 6.69. The quantitative estimate of drug-likeness (QED) is 0.758. The molecular formula is C10H14ClNO3. The highest BCUT2D eigenvalue weighted by molar-refractivity contribution is 5.89. The molecule has 0 aliphatic rings. The molecule has 0 fully saturated rings. The molecule has 3 N–H and O–H groups in total. The number of ether oxygens (including phenoxy) is 1. The second-order valence-electron chi connectivity index (χ2n) is 2.87. The fraction of sp³-hybridized carbons (Fsp3) is 0.300. The zero-order valence-electron chi connectivity index (χ0n) is 8.34. The Balaban J connectivity index is 0.00000196. The van der Waals surface area contributed by atoms with Crippen LogP contribution in [0.4, 0.5) is 0 Å². The molecule has 4 nitrogen and oxygen atoms in total. The maximum atomic E-state index is 11.1. The minimum absolute atomic E-state index is 0. The number of rotatable bonds is 3. The number of carbonyl (C=O) groups is 1. The van der Waals surface area contributed by atoms with Crippen molar-refractivity contribution in [1.29, 1.82) is 0 Å². The lowest BCUT2D eigenvalue weighted by Crippen LogP contribution is -2.11. The number of aliphatic hydroxyl groups excluding tert-OH is 1. The highest BCUT2D eigenvalue weighted by atomic mass is 35.5. The van der Waals surface area contributed by atoms with Gasteiger partial charge < -0.3 is 15.6 Å². The van der Waals surface area contributed by atoms with E-state index in [1.807, 2.05) is 0 Å². The van der Waals surface area contributed by atoms with E-state index in [4.69, 9.17) is 5.73 Å². The minimum atomic E-state index is -0.679. The molecule has 15 heavy (non-hydrogen) atoms. The number of carbonyl (C=O) groups excluding carboxylic acids is 1. The largest absolute Gasteiger partial charge is 0.465 e. The SMILES string of the molecule is COC(=O)c1ccc([C@H](O)CN)cc1.Cl. The van der Waals surface area contributed by atoms with Crippen molar-refractivity contribution < 1.29 is 14.6 Å². The van der Waals surface area contributed by atoms with Gasteiger partial charge in [0, 0.05) is 6.54 Å². The zero-order chi connectivity index (χ0) is 10.6. The molecule has 1 atom stereocenters. The van der Waals surface area contributed by atoms with Gasteiger partial charge in [0.2, 0.25) is 0 Å². The van der Waals surface area contributed by atoms with Gasteiger partial charge in [-0.3, -0.25) is 0 Å². The molecule has 1 rings (SSSR count). The van der Waals surface area contributed by atoms with Crippen LogP contribution in [-0.4, -0.2) is 24.7 Å². The average molecular weight is 232 g/mol. The van der Waals surface area contributed by atoms with Gasteiger partial charge >= 0.3 is 5.97 Å². The summed E-state index contributed by atoms with van der Waals surface area (Å²) in [5, 5.41) is 9.37. The number of benzene rings is 1. The third-order valence-electron chi connectivity index (χ3n) is 1.94. The average Bonchev–Trinajstić information content (AvgIpc) is 2.27. The van der Waals surface area contributed by atoms with Crippen molar-refractivity contribution in [2.75, 3.05) is 13.7 Å². The van der Waals surface area contributed by atoms with E-state index in [0.717, 1.165) is 0 Å². The molecule has 84 valence electrons. The van der Waals surface area contributed by atoms with Gasteiger partial charge in [0.25, 0.3) is 0 Å². The predicted molar refractivity (Wildman–Crippen MR) is 59.0 cm³/mol. The first-order valence-corrected chi connectivity index (χ1v) is 4.25. The van der Waals surface area contributed by atoms with E-state index in [1.54, 1.807) is 24.3 Å². The molecule has 1 aromatic carbocycles. The molecule has 0 aliphatic heterocycles. The van der Waals surface area contributed by atoms with Gasteiger partial charge in [-0.25, -0.2) is 4.79 Å². The van der Waals surface area contributed by atoms with Crippen LogP contribution >= 0.6 is 12.4 Å². The van der Waals surface area contributed by atoms with Crippen LogP contribution in [0.15, 0.2) is 24.3 Å². The third-order valence-corrected chi connectivity index (χ3v) is 1.94. The summed E-state index contributed by atoms with van der Waals surface area (Å²) >= 11 is 0. The predicted octanol–water partition coefficient (Wildman–Crippen LogP) is 0.887. The Hall–Kier alpha value is -1.10. The van der Waals surface area contributed by atoms with Crippen LogP contribution in [0, 0.1) is 0 Å². The summed E-state index contributed by atoms with van der Waals surface area (Å²) in [5.41, 5.74) is 6.44. The van der Waals surface area contributed by atoms with Crippen molar-refractivity contribution in [1.82, 2.24) is 0 Å². The molecule has 0 heterocycles. The van der Waals surface area contributed by atoms with Crippen molar-refractivity contribution in [2.24, 2.45) is 5.73 Å². The standard InChI is InChI=1S/C10H13NO3.ClH/c1-14-10(13)8-4-2-7(3-5-8)9(12)6-11;/h2-5,9,12H,6,11H2,1H3;1H/t9-;/m1./s1. The van der Waals surface area contributed by atoms with E-state index in [1.165, 1.54) is 7.11 Å². The van der Waals surface area contributed by atoms with Crippen LogP contribution < -0.4 is 5.73 Å². The number of methoxy groups -OCH3 is 1. The first-order valence-electron chi connectivity index (χ1n) is 4.25. The Morgan fingerprint density at radius 2 is 2.00 bits per heavy atom. The Labute approximate surface area is 94.5 Å². The molecule has 0 unspecified atom stereocenters. The second kappa shape index (κ2) is 6.40. The summed E-state index contributed by atoms with van der Waals surface area (Å²) < 4.78 is 4.54. The molecule has 0 bridgehead atoms. The van der Waals surface area contributed by atoms with Crippen LogP contribution in [0.1, 0.15) is 22.0 Å². The number of aliphatic hydroxyl groups is 1. The van der Waals surface area contributed by atoms with Gasteiger partial charge in [0.15, 0.2) is 0 Å². The molecular weight excluding hydrogens is 218 g/mol. The molecule has 0 amide bonds. The summed E-state index contributed by atoms with van der Waals surface area (Å²) in [7, 11) is 1.32. The lowest BCUT2D eigenvalue weighted by Gasteiger charge is -2.07. The molecule has 0 aromatic heterocycles. The van der Waals surface area contributed by atoms with E-state index in [-0.39, 0.29) is 19.0 Å². The number of esters is 1. The van der Waals surface area contributed by atoms with Crippen LogP contribution in [0.5, 0.6) is 0 Å². The molecule has 0 saturated carbocycles. The topological polar surface area (TPSA) is 72.5 Å². The highest BCUT2D eigenvalue weighted by Crippen LogP contribution is 2.12. The van der Waals surface area contributed by atoms with Crippen LogP contribution in [0.2, 0.25) is 0 Å². The maximum Gasteiger partial charge on any atom is 0.337 e. The fourth-order valence-corrected chi connectivity index (χ4v) is 1.10. The van der Waals surface area contributed by atoms with Gasteiger partial charge in [0.1, 0.15) is 0 Å². The Bertz CT molecular complexity index is 313. The van der Waals surface area contributed by atoms with Gasteiger partial charge in [0.05, 0.1) is 18.8 Å². The van der Waals surface area contributed by atoms with E-state index in [9.17, 15) is 9.90 Å². The highest BCUT2D eigenvalue weighted by Gasteiger charge is 2.07. The summed E-state index contributed by atoms with van der Waals surface area (Å²) in [6.07, 6.45) is -0.679. The second-order valence-corrected chi connectivity index (χ2v) is 2.87. The summed E-state index contributed by atoms with van der Waals surface area (Å²) in [6.45, 7) is 0.164. The molecule has 0 spiro atoms. The zero-order valence-corrected chi connectivity index (χ0v) is 9.16. The smallest absolute Gasteiger partial charge is 0.337 e. The van der Waals surface area contributed by atoms with Gasteiger partial charge in [-0.1, -0.05) is 12.1 Å². The number of nitrogens with two attached hydrogens (primary N) is 1. The third kappa shape index (κ3) is 3.51. The lowest BCUT2D eigenvalue weighted by atomic mass is 10.1. The van der Waals surface area contributed by atoms with E-state index in [2.05, 4.69) is 4.74 Å². The van der Waals surface area contributed by atoms with Gasteiger partial charge in [-0.05, 0) is 17.7 Å². The monoisotopic (exact) mass is 231 g/mol. The summed E-state index contributed by atoms with van der Waals surface area (Å²) in [6, 6.07) is 6.51. The fourth-order valence-electron chi connectivity index (χ4n) is 1.10. The van der Waals surface area contributed by atoms with Crippen molar-refractivity contribution in [2.45, 2.75) is 6.10 Å². The maximum absolute atomic E-state index is 11.1. The molecule has 0 radical (unpaired) electrons. The molecule has 0 saturated heterocycles. The lowest BCUT2D eigenvalue weighted by molar-refractivity contribution is 0.0600. The minimum Gasteiger partial charge on any atom is -0.465 e. The van der Waals surface area contributed by atoms with Crippen LogP contribution in [-0.2, 0) is 4.74 Å². The number of hydrogen-bond donors (Lipinski definition) is 2. The first kappa shape index (κ1) is 13.9. The van der Waals surface area contributed by atoms with Crippen molar-refractivity contribution in [3.05, 3.63) is 35.4 Å². The Kier molecular flexibility index (Phi) is 5.93.